The summed E-state index contributed by atoms with van der Waals surface area (Å²) >= 11 is 0. The maximum Gasteiger partial charge on any atom is 0.225 e. The van der Waals surface area contributed by atoms with Gasteiger partial charge in [-0.05, 0) is 54.3 Å². The Morgan fingerprint density at radius 1 is 1.10 bits per heavy atom. The van der Waals surface area contributed by atoms with Gasteiger partial charge in [0.1, 0.15) is 11.6 Å². The predicted octanol–water partition coefficient (Wildman–Crippen LogP) is 3.20. The van der Waals surface area contributed by atoms with Crippen LogP contribution in [0.3, 0.4) is 0 Å². The summed E-state index contributed by atoms with van der Waals surface area (Å²) in [5, 5.41) is 3.69. The first kappa shape index (κ1) is 20.1. The third kappa shape index (κ3) is 4.50. The number of carbonyl (C=O) groups is 2. The van der Waals surface area contributed by atoms with Crippen LogP contribution in [0.25, 0.3) is 10.9 Å². The molecule has 0 saturated carbocycles. The zero-order valence-electron chi connectivity index (χ0n) is 16.5. The van der Waals surface area contributed by atoms with E-state index < -0.39 is 0 Å². The number of likely N-dealkylation sites (tertiary alicyclic amines) is 1. The molecule has 1 fully saturated rings. The number of halogens is 2. The largest absolute Gasteiger partial charge is 0.361 e. The Morgan fingerprint density at radius 2 is 1.87 bits per heavy atom. The molecule has 30 heavy (non-hydrogen) atoms. The molecule has 0 unspecified atom stereocenters. The van der Waals surface area contributed by atoms with E-state index in [-0.39, 0.29) is 35.8 Å². The minimum atomic E-state index is -0.369. The lowest BCUT2D eigenvalue weighted by Gasteiger charge is -2.16. The fourth-order valence-electron chi connectivity index (χ4n) is 3.90. The van der Waals surface area contributed by atoms with Crippen molar-refractivity contribution >= 4 is 22.7 Å². The van der Waals surface area contributed by atoms with Crippen LogP contribution in [0.5, 0.6) is 0 Å². The van der Waals surface area contributed by atoms with E-state index in [0.717, 1.165) is 22.0 Å². The van der Waals surface area contributed by atoms with E-state index in [9.17, 15) is 18.4 Å². The third-order valence-electron chi connectivity index (χ3n) is 5.59. The van der Waals surface area contributed by atoms with Crippen molar-refractivity contribution in [3.63, 3.8) is 0 Å². The minimum Gasteiger partial charge on any atom is -0.361 e. The van der Waals surface area contributed by atoms with Crippen molar-refractivity contribution in [2.24, 2.45) is 5.92 Å². The van der Waals surface area contributed by atoms with E-state index in [4.69, 9.17) is 0 Å². The maximum absolute atomic E-state index is 13.5. The number of aromatic nitrogens is 1. The Kier molecular flexibility index (Phi) is 5.79. The number of rotatable bonds is 7. The highest BCUT2D eigenvalue weighted by atomic mass is 19.1. The molecule has 156 valence electrons. The summed E-state index contributed by atoms with van der Waals surface area (Å²) in [4.78, 5) is 29.6. The molecular weight excluding hydrogens is 388 g/mol. The normalized spacial score (nSPS) is 16.4. The monoisotopic (exact) mass is 411 g/mol. The van der Waals surface area contributed by atoms with E-state index in [1.54, 1.807) is 23.1 Å². The van der Waals surface area contributed by atoms with Crippen molar-refractivity contribution in [3.05, 3.63) is 71.4 Å². The lowest BCUT2D eigenvalue weighted by molar-refractivity contribution is -0.129. The molecule has 0 radical (unpaired) electrons. The number of aromatic amines is 1. The summed E-state index contributed by atoms with van der Waals surface area (Å²) in [7, 11) is 0. The molecule has 1 aromatic heterocycles. The zero-order chi connectivity index (χ0) is 21.1. The van der Waals surface area contributed by atoms with Gasteiger partial charge in [0.2, 0.25) is 11.8 Å². The Hall–Kier alpha value is -3.22. The maximum atomic E-state index is 13.5. The van der Waals surface area contributed by atoms with Gasteiger partial charge in [0.05, 0.1) is 5.92 Å². The number of nitrogens with zero attached hydrogens (tertiary/aromatic N) is 1. The van der Waals surface area contributed by atoms with Gasteiger partial charge in [-0.1, -0.05) is 12.1 Å². The first-order valence-electron chi connectivity index (χ1n) is 10.0. The van der Waals surface area contributed by atoms with Crippen molar-refractivity contribution < 1.29 is 18.4 Å². The fourth-order valence-corrected chi connectivity index (χ4v) is 3.90. The lowest BCUT2D eigenvalue weighted by atomic mass is 10.1. The number of benzene rings is 2. The third-order valence-corrected chi connectivity index (χ3v) is 5.59. The van der Waals surface area contributed by atoms with Gasteiger partial charge < -0.3 is 15.2 Å². The van der Waals surface area contributed by atoms with Gasteiger partial charge in [0.15, 0.2) is 0 Å². The van der Waals surface area contributed by atoms with Crippen LogP contribution in [0, 0.1) is 17.6 Å². The average molecular weight is 411 g/mol. The summed E-state index contributed by atoms with van der Waals surface area (Å²) in [5.74, 6) is -1.13. The van der Waals surface area contributed by atoms with Crippen LogP contribution >= 0.6 is 0 Å². The highest BCUT2D eigenvalue weighted by Crippen LogP contribution is 2.22. The van der Waals surface area contributed by atoms with E-state index in [0.29, 0.717) is 32.5 Å². The molecule has 4 rings (SSSR count). The molecule has 1 saturated heterocycles. The lowest BCUT2D eigenvalue weighted by Crippen LogP contribution is -2.34. The molecule has 7 heteroatoms. The molecule has 1 aliphatic rings. The Bertz CT molecular complexity index is 1060. The topological polar surface area (TPSA) is 65.2 Å². The van der Waals surface area contributed by atoms with Crippen LogP contribution in [0.15, 0.2) is 48.7 Å². The van der Waals surface area contributed by atoms with E-state index in [1.165, 1.54) is 24.3 Å². The number of amides is 2. The summed E-state index contributed by atoms with van der Waals surface area (Å²) in [6.45, 7) is 1.32. The number of nitrogens with one attached hydrogen (secondary N) is 2. The van der Waals surface area contributed by atoms with Crippen LogP contribution in [0.4, 0.5) is 8.78 Å². The molecule has 0 aliphatic carbocycles. The van der Waals surface area contributed by atoms with Crippen molar-refractivity contribution in [2.75, 3.05) is 19.6 Å². The van der Waals surface area contributed by atoms with Gasteiger partial charge >= 0.3 is 0 Å². The van der Waals surface area contributed by atoms with Gasteiger partial charge in [0.25, 0.3) is 0 Å². The Balaban J connectivity index is 1.27. The minimum absolute atomic E-state index is 0.0419. The van der Waals surface area contributed by atoms with Gasteiger partial charge in [0, 0.05) is 43.2 Å². The first-order chi connectivity index (χ1) is 14.5. The number of carbonyl (C=O) groups excluding carboxylic acids is 2. The summed E-state index contributed by atoms with van der Waals surface area (Å²) in [5.41, 5.74) is 2.75. The summed E-state index contributed by atoms with van der Waals surface area (Å²) < 4.78 is 26.5. The van der Waals surface area contributed by atoms with Crippen LogP contribution in [-0.4, -0.2) is 41.3 Å². The van der Waals surface area contributed by atoms with Gasteiger partial charge in [-0.25, -0.2) is 8.78 Å². The smallest absolute Gasteiger partial charge is 0.225 e. The van der Waals surface area contributed by atoms with Crippen molar-refractivity contribution in [1.29, 1.82) is 0 Å². The Labute approximate surface area is 173 Å². The molecule has 0 spiro atoms. The zero-order valence-corrected chi connectivity index (χ0v) is 16.5. The number of hydrogen-bond donors (Lipinski definition) is 2. The van der Waals surface area contributed by atoms with Crippen molar-refractivity contribution in [3.8, 4) is 0 Å². The van der Waals surface area contributed by atoms with Crippen LogP contribution < -0.4 is 5.32 Å². The molecule has 2 heterocycles. The SMILES string of the molecule is O=C(NCCc1ccc(F)cc1)[C@H]1CC(=O)N(CCc2c[nH]c3ccc(F)cc23)C1. The Morgan fingerprint density at radius 3 is 2.67 bits per heavy atom. The molecule has 5 nitrogen and oxygen atoms in total. The van der Waals surface area contributed by atoms with Crippen LogP contribution in [0.2, 0.25) is 0 Å². The van der Waals surface area contributed by atoms with E-state index in [1.807, 2.05) is 6.20 Å². The van der Waals surface area contributed by atoms with Crippen LogP contribution in [0.1, 0.15) is 17.5 Å². The average Bonchev–Trinajstić information content (AvgIpc) is 3.30. The summed E-state index contributed by atoms with van der Waals surface area (Å²) in [6, 6.07) is 10.8. The van der Waals surface area contributed by atoms with Crippen molar-refractivity contribution in [1.82, 2.24) is 15.2 Å². The van der Waals surface area contributed by atoms with E-state index >= 15 is 0 Å². The number of H-pyrrole nitrogens is 1. The summed E-state index contributed by atoms with van der Waals surface area (Å²) in [6.07, 6.45) is 3.23. The van der Waals surface area contributed by atoms with E-state index in [2.05, 4.69) is 10.3 Å². The van der Waals surface area contributed by atoms with Gasteiger partial charge in [-0.2, -0.15) is 0 Å². The highest BCUT2D eigenvalue weighted by Gasteiger charge is 2.33. The molecule has 2 N–H and O–H groups in total. The molecule has 0 bridgehead atoms. The second kappa shape index (κ2) is 8.65. The molecule has 2 aromatic carbocycles. The molecule has 1 aliphatic heterocycles. The van der Waals surface area contributed by atoms with Crippen LogP contribution in [-0.2, 0) is 22.4 Å². The quantitative estimate of drug-likeness (QED) is 0.627. The molecule has 1 atom stereocenters. The first-order valence-corrected chi connectivity index (χ1v) is 10.0. The fraction of sp³-hybridized carbons (Fsp3) is 0.304. The molecular formula is C23H23F2N3O2. The second-order valence-corrected chi connectivity index (χ2v) is 7.66. The molecule has 2 amide bonds. The van der Waals surface area contributed by atoms with Crippen molar-refractivity contribution in [2.45, 2.75) is 19.3 Å². The standard InChI is InChI=1S/C23H23F2N3O2/c24-18-3-1-15(2-4-18)7-9-26-23(30)17-11-22(29)28(14-17)10-8-16-13-27-21-6-5-19(25)12-20(16)21/h1-6,12-13,17,27H,7-11,14H2,(H,26,30)/t17-/m0/s1. The highest BCUT2D eigenvalue weighted by molar-refractivity contribution is 5.89. The second-order valence-electron chi connectivity index (χ2n) is 7.66. The van der Waals surface area contributed by atoms with Gasteiger partial charge in [-0.3, -0.25) is 9.59 Å². The molecule has 3 aromatic rings. The number of fused-ring (bicyclic) bond motifs is 1. The predicted molar refractivity (Wildman–Crippen MR) is 110 cm³/mol. The number of hydrogen-bond acceptors (Lipinski definition) is 2. The van der Waals surface area contributed by atoms with Gasteiger partial charge in [-0.15, -0.1) is 0 Å².